The van der Waals surface area contributed by atoms with Crippen molar-refractivity contribution in [1.29, 1.82) is 0 Å². The molecule has 0 aliphatic carbocycles. The summed E-state index contributed by atoms with van der Waals surface area (Å²) in [4.78, 5) is 0. The molecule has 0 heterocycles. The zero-order valence-electron chi connectivity index (χ0n) is 5.77. The molecule has 1 aromatic rings. The minimum absolute atomic E-state index is 0. The topological polar surface area (TPSA) is 0 Å². The fourth-order valence-corrected chi connectivity index (χ4v) is 0.578. The van der Waals surface area contributed by atoms with Crippen LogP contribution < -0.4 is 0 Å². The van der Waals surface area contributed by atoms with Gasteiger partial charge in [0.05, 0.1) is 0 Å². The van der Waals surface area contributed by atoms with Crippen LogP contribution in [0.1, 0.15) is 0 Å². The minimum Gasteiger partial charge on any atom is -0.200 e. The molecule has 70 valence electrons. The van der Waals surface area contributed by atoms with Gasteiger partial charge >= 0.3 is 0 Å². The first-order valence-corrected chi connectivity index (χ1v) is 2.63. The Morgan fingerprint density at radius 1 is 0.385 bits per heavy atom. The summed E-state index contributed by atoms with van der Waals surface area (Å²) in [5.41, 5.74) is 0. The summed E-state index contributed by atoms with van der Waals surface area (Å²) in [6.45, 7) is 0. The molecule has 0 N–H and O–H groups in total. The van der Waals surface area contributed by atoms with E-state index in [0.29, 0.717) is 0 Å². The Kier molecular flexibility index (Phi) is 3.99. The maximum Gasteiger partial charge on any atom is 0.200 e. The van der Waals surface area contributed by atoms with Gasteiger partial charge in [-0.2, -0.15) is 0 Å². The van der Waals surface area contributed by atoms with E-state index in [1.54, 1.807) is 0 Å². The van der Waals surface area contributed by atoms with Crippen molar-refractivity contribution in [3.8, 4) is 0 Å². The van der Waals surface area contributed by atoms with Crippen molar-refractivity contribution in [1.82, 2.24) is 0 Å². The molecule has 0 aromatic heterocycles. The first-order valence-electron chi connectivity index (χ1n) is 2.63. The van der Waals surface area contributed by atoms with Gasteiger partial charge in [0.15, 0.2) is 0 Å². The number of hydrogen-bond donors (Lipinski definition) is 0. The van der Waals surface area contributed by atoms with Gasteiger partial charge in [0, 0.05) is 21.7 Å². The standard InChI is InChI=1S/C6F6.Ti/c7-1-2(8)4(10)6(12)5(11)3(1)9;. The van der Waals surface area contributed by atoms with E-state index in [0.717, 1.165) is 0 Å². The average Bonchev–Trinajstić information content (AvgIpc) is 2.08. The van der Waals surface area contributed by atoms with Crippen LogP contribution >= 0.6 is 0 Å². The molecule has 0 nitrogen and oxygen atoms in total. The molecule has 0 amide bonds. The Morgan fingerprint density at radius 3 is 0.538 bits per heavy atom. The predicted octanol–water partition coefficient (Wildman–Crippen LogP) is 2.52. The summed E-state index contributed by atoms with van der Waals surface area (Å²) in [7, 11) is 0. The van der Waals surface area contributed by atoms with Crippen molar-refractivity contribution in [3.05, 3.63) is 34.9 Å². The Bertz CT molecular complexity index is 231. The largest absolute Gasteiger partial charge is 0.200 e. The van der Waals surface area contributed by atoms with Crippen LogP contribution in [0.5, 0.6) is 0 Å². The number of benzene rings is 1. The normalized spacial score (nSPS) is 9.69. The molecular formula is C6F6Ti. The van der Waals surface area contributed by atoms with Crippen molar-refractivity contribution in [2.75, 3.05) is 0 Å². The number of halogens is 6. The predicted molar refractivity (Wildman–Crippen MR) is 26.2 cm³/mol. The van der Waals surface area contributed by atoms with Crippen LogP contribution in [0.2, 0.25) is 0 Å². The SMILES string of the molecule is Fc1c(F)c(F)c(F)c(F)c1F.[Ti]. The molecule has 0 radical (unpaired) electrons. The van der Waals surface area contributed by atoms with E-state index in [4.69, 9.17) is 0 Å². The summed E-state index contributed by atoms with van der Waals surface area (Å²) in [5.74, 6) is -14.2. The molecule has 0 aliphatic rings. The van der Waals surface area contributed by atoms with Crippen LogP contribution in [0, 0.1) is 34.9 Å². The van der Waals surface area contributed by atoms with E-state index in [1.165, 1.54) is 0 Å². The molecule has 0 fully saturated rings. The van der Waals surface area contributed by atoms with Crippen LogP contribution in [0.4, 0.5) is 26.3 Å². The molecule has 0 saturated carbocycles. The van der Waals surface area contributed by atoms with Gasteiger partial charge in [0.1, 0.15) is 0 Å². The van der Waals surface area contributed by atoms with E-state index in [9.17, 15) is 26.3 Å². The first-order chi connectivity index (χ1) is 5.46. The molecule has 1 aromatic carbocycles. The van der Waals surface area contributed by atoms with Crippen LogP contribution in [-0.4, -0.2) is 0 Å². The van der Waals surface area contributed by atoms with E-state index in [2.05, 4.69) is 0 Å². The molecular weight excluding hydrogens is 234 g/mol. The van der Waals surface area contributed by atoms with Gasteiger partial charge in [0.2, 0.25) is 34.9 Å². The molecule has 0 aliphatic heterocycles. The van der Waals surface area contributed by atoms with Gasteiger partial charge in [-0.25, -0.2) is 26.3 Å². The monoisotopic (exact) mass is 234 g/mol. The molecule has 0 saturated heterocycles. The molecule has 0 atom stereocenters. The Hall–Kier alpha value is -0.486. The third-order valence-corrected chi connectivity index (χ3v) is 1.16. The van der Waals surface area contributed by atoms with Crippen molar-refractivity contribution in [2.24, 2.45) is 0 Å². The Morgan fingerprint density at radius 2 is 0.462 bits per heavy atom. The molecule has 0 spiro atoms. The zero-order valence-corrected chi connectivity index (χ0v) is 7.33. The van der Waals surface area contributed by atoms with Gasteiger partial charge < -0.3 is 0 Å². The Labute approximate surface area is 83.4 Å². The molecule has 0 bridgehead atoms. The molecule has 0 unspecified atom stereocenters. The minimum atomic E-state index is -2.37. The average molecular weight is 234 g/mol. The van der Waals surface area contributed by atoms with Gasteiger partial charge in [-0.05, 0) is 0 Å². The molecule has 13 heavy (non-hydrogen) atoms. The van der Waals surface area contributed by atoms with Gasteiger partial charge in [-0.3, -0.25) is 0 Å². The van der Waals surface area contributed by atoms with Crippen molar-refractivity contribution >= 4 is 0 Å². The summed E-state index contributed by atoms with van der Waals surface area (Å²) in [6.07, 6.45) is 0. The summed E-state index contributed by atoms with van der Waals surface area (Å²) < 4.78 is 72.2. The van der Waals surface area contributed by atoms with E-state index in [1.807, 2.05) is 0 Å². The molecule has 1 rings (SSSR count). The summed E-state index contributed by atoms with van der Waals surface area (Å²) in [5, 5.41) is 0. The second kappa shape index (κ2) is 4.15. The van der Waals surface area contributed by atoms with E-state index < -0.39 is 34.9 Å². The third-order valence-electron chi connectivity index (χ3n) is 1.16. The van der Waals surface area contributed by atoms with Crippen LogP contribution in [-0.2, 0) is 21.7 Å². The zero-order chi connectivity index (χ0) is 9.46. The van der Waals surface area contributed by atoms with Crippen LogP contribution in [0.3, 0.4) is 0 Å². The first kappa shape index (κ1) is 12.5. The van der Waals surface area contributed by atoms with Gasteiger partial charge in [-0.15, -0.1) is 0 Å². The van der Waals surface area contributed by atoms with Crippen molar-refractivity contribution in [2.45, 2.75) is 0 Å². The fraction of sp³-hybridized carbons (Fsp3) is 0. The van der Waals surface area contributed by atoms with E-state index in [-0.39, 0.29) is 21.7 Å². The molecule has 7 heteroatoms. The van der Waals surface area contributed by atoms with Crippen molar-refractivity contribution < 1.29 is 48.1 Å². The number of rotatable bonds is 0. The van der Waals surface area contributed by atoms with Crippen LogP contribution in [0.25, 0.3) is 0 Å². The number of hydrogen-bond acceptors (Lipinski definition) is 0. The summed E-state index contributed by atoms with van der Waals surface area (Å²) in [6, 6.07) is 0. The maximum atomic E-state index is 12.0. The quantitative estimate of drug-likeness (QED) is 0.280. The van der Waals surface area contributed by atoms with E-state index >= 15 is 0 Å². The van der Waals surface area contributed by atoms with Crippen LogP contribution in [0.15, 0.2) is 0 Å². The maximum absolute atomic E-state index is 12.0. The second-order valence-electron chi connectivity index (χ2n) is 1.88. The second-order valence-corrected chi connectivity index (χ2v) is 1.88. The van der Waals surface area contributed by atoms with Gasteiger partial charge in [-0.1, -0.05) is 0 Å². The fourth-order valence-electron chi connectivity index (χ4n) is 0.578. The van der Waals surface area contributed by atoms with Crippen molar-refractivity contribution in [3.63, 3.8) is 0 Å². The smallest absolute Gasteiger partial charge is 0.200 e. The summed E-state index contributed by atoms with van der Waals surface area (Å²) >= 11 is 0. The third kappa shape index (κ3) is 1.89. The van der Waals surface area contributed by atoms with Gasteiger partial charge in [0.25, 0.3) is 0 Å². The Balaban J connectivity index is 0.00000144.